The number of amides is 1. The molecular formula is C25H29ClN2O4. The summed E-state index contributed by atoms with van der Waals surface area (Å²) in [5.41, 5.74) is 1.22. The van der Waals surface area contributed by atoms with E-state index >= 15 is 0 Å². The van der Waals surface area contributed by atoms with Gasteiger partial charge in [-0.2, -0.15) is 0 Å². The second-order valence-corrected chi connectivity index (χ2v) is 8.51. The van der Waals surface area contributed by atoms with Gasteiger partial charge in [0.1, 0.15) is 11.5 Å². The summed E-state index contributed by atoms with van der Waals surface area (Å²) in [6, 6.07) is 13.2. The van der Waals surface area contributed by atoms with Gasteiger partial charge in [-0.3, -0.25) is 9.59 Å². The van der Waals surface area contributed by atoms with Crippen molar-refractivity contribution in [2.45, 2.75) is 25.8 Å². The van der Waals surface area contributed by atoms with Crippen LogP contribution in [0.1, 0.15) is 36.9 Å². The fourth-order valence-electron chi connectivity index (χ4n) is 3.63. The van der Waals surface area contributed by atoms with E-state index < -0.39 is 17.7 Å². The highest BCUT2D eigenvalue weighted by atomic mass is 35.5. The molecule has 1 atom stereocenters. The van der Waals surface area contributed by atoms with Crippen LogP contribution in [0.4, 0.5) is 0 Å². The Kier molecular flexibility index (Phi) is 7.94. The molecule has 2 aromatic carbocycles. The Morgan fingerprint density at radius 1 is 1.16 bits per heavy atom. The first kappa shape index (κ1) is 23.8. The van der Waals surface area contributed by atoms with Crippen molar-refractivity contribution in [2.75, 3.05) is 33.8 Å². The molecule has 0 saturated carbocycles. The van der Waals surface area contributed by atoms with Crippen LogP contribution in [-0.4, -0.2) is 60.4 Å². The van der Waals surface area contributed by atoms with Crippen LogP contribution >= 0.6 is 11.6 Å². The van der Waals surface area contributed by atoms with Crippen LogP contribution < -0.4 is 4.74 Å². The molecule has 1 aliphatic rings. The van der Waals surface area contributed by atoms with Gasteiger partial charge in [-0.25, -0.2) is 0 Å². The first-order chi connectivity index (χ1) is 15.3. The first-order valence-electron chi connectivity index (χ1n) is 10.7. The number of hydrogen-bond acceptors (Lipinski definition) is 5. The lowest BCUT2D eigenvalue weighted by Crippen LogP contribution is -2.35. The van der Waals surface area contributed by atoms with E-state index in [1.54, 1.807) is 48.5 Å². The highest BCUT2D eigenvalue weighted by Gasteiger charge is 2.45. The van der Waals surface area contributed by atoms with Crippen LogP contribution in [-0.2, 0) is 9.59 Å². The van der Waals surface area contributed by atoms with Crippen molar-refractivity contribution in [3.05, 3.63) is 70.3 Å². The Labute approximate surface area is 194 Å². The number of halogens is 1. The maximum Gasteiger partial charge on any atom is 0.295 e. The fourth-order valence-corrected chi connectivity index (χ4v) is 3.76. The molecule has 170 valence electrons. The Bertz CT molecular complexity index is 1000. The van der Waals surface area contributed by atoms with Gasteiger partial charge < -0.3 is 19.6 Å². The summed E-state index contributed by atoms with van der Waals surface area (Å²) < 4.78 is 5.74. The minimum absolute atomic E-state index is 0.0711. The summed E-state index contributed by atoms with van der Waals surface area (Å²) in [6.07, 6.45) is 1.93. The van der Waals surface area contributed by atoms with Crippen molar-refractivity contribution in [3.8, 4) is 5.75 Å². The lowest BCUT2D eigenvalue weighted by molar-refractivity contribution is -0.140. The Morgan fingerprint density at radius 3 is 2.53 bits per heavy atom. The monoisotopic (exact) mass is 456 g/mol. The average Bonchev–Trinajstić information content (AvgIpc) is 3.03. The molecule has 1 aliphatic heterocycles. The van der Waals surface area contributed by atoms with Crippen LogP contribution in [0.15, 0.2) is 54.1 Å². The molecule has 0 aromatic heterocycles. The molecule has 0 bridgehead atoms. The van der Waals surface area contributed by atoms with Gasteiger partial charge in [-0.05, 0) is 50.3 Å². The summed E-state index contributed by atoms with van der Waals surface area (Å²) in [6.45, 7) is 3.58. The van der Waals surface area contributed by atoms with Crippen molar-refractivity contribution in [2.24, 2.45) is 0 Å². The van der Waals surface area contributed by atoms with Gasteiger partial charge in [0.25, 0.3) is 11.7 Å². The molecule has 2 aromatic rings. The first-order valence-corrected chi connectivity index (χ1v) is 11.1. The number of carbonyl (C=O) groups excluding carboxylic acids is 2. The fraction of sp³-hybridized carbons (Fsp3) is 0.360. The molecule has 1 saturated heterocycles. The molecule has 1 N–H and O–H groups in total. The minimum atomic E-state index is -0.697. The lowest BCUT2D eigenvalue weighted by atomic mass is 9.95. The predicted molar refractivity (Wildman–Crippen MR) is 126 cm³/mol. The van der Waals surface area contributed by atoms with Gasteiger partial charge in [-0.15, -0.1) is 0 Å². The number of aliphatic hydroxyl groups excluding tert-OH is 1. The minimum Gasteiger partial charge on any atom is -0.507 e. The number of likely N-dealkylation sites (N-methyl/N-ethyl adjacent to an activating group) is 1. The molecule has 7 heteroatoms. The van der Waals surface area contributed by atoms with E-state index in [2.05, 4.69) is 6.92 Å². The third-order valence-electron chi connectivity index (χ3n) is 5.39. The maximum absolute atomic E-state index is 13.0. The van der Waals surface area contributed by atoms with Gasteiger partial charge in [0, 0.05) is 23.7 Å². The highest BCUT2D eigenvalue weighted by molar-refractivity contribution is 6.46. The molecule has 1 heterocycles. The zero-order valence-corrected chi connectivity index (χ0v) is 19.4. The number of likely N-dealkylation sites (tertiary alicyclic amines) is 1. The van der Waals surface area contributed by atoms with Crippen molar-refractivity contribution < 1.29 is 19.4 Å². The average molecular weight is 457 g/mol. The molecule has 0 aliphatic carbocycles. The lowest BCUT2D eigenvalue weighted by Gasteiger charge is -2.26. The quantitative estimate of drug-likeness (QED) is 0.260. The predicted octanol–water partition coefficient (Wildman–Crippen LogP) is 4.50. The molecule has 6 nitrogen and oxygen atoms in total. The molecule has 1 fully saturated rings. The summed E-state index contributed by atoms with van der Waals surface area (Å²) in [5, 5.41) is 11.7. The topological polar surface area (TPSA) is 70.1 Å². The Hall–Kier alpha value is -2.83. The van der Waals surface area contributed by atoms with E-state index in [0.29, 0.717) is 41.6 Å². The van der Waals surface area contributed by atoms with Crippen LogP contribution in [0.2, 0.25) is 5.02 Å². The molecule has 0 spiro atoms. The van der Waals surface area contributed by atoms with Crippen LogP contribution in [0, 0.1) is 0 Å². The number of aliphatic hydroxyl groups is 1. The number of Topliss-reactive ketones (excluding diaryl/α,β-unsaturated/α-hetero) is 1. The summed E-state index contributed by atoms with van der Waals surface area (Å²) >= 11 is 6.05. The Balaban J connectivity index is 2.05. The zero-order chi connectivity index (χ0) is 23.3. The SMILES string of the molecule is CCCCOc1cccc(/C(O)=C2\C(=O)C(=O)N(CCN(C)C)C2c2ccc(Cl)cc2)c1. The summed E-state index contributed by atoms with van der Waals surface area (Å²) in [5.74, 6) is -0.925. The number of rotatable bonds is 9. The second kappa shape index (κ2) is 10.7. The van der Waals surface area contributed by atoms with Gasteiger partial charge in [0.05, 0.1) is 18.2 Å². The number of ether oxygens (including phenoxy) is 1. The van der Waals surface area contributed by atoms with Crippen LogP contribution in [0.25, 0.3) is 5.76 Å². The largest absolute Gasteiger partial charge is 0.507 e. The molecule has 1 unspecified atom stereocenters. The standard InChI is InChI=1S/C25H29ClN2O4/c1-4-5-15-32-20-8-6-7-18(16-20)23(29)21-22(17-9-11-19(26)12-10-17)28(14-13-27(2)3)25(31)24(21)30/h6-12,16,22,29H,4-5,13-15H2,1-3H3/b23-21+. The summed E-state index contributed by atoms with van der Waals surface area (Å²) in [4.78, 5) is 29.4. The van der Waals surface area contributed by atoms with Crippen molar-refractivity contribution in [1.82, 2.24) is 9.80 Å². The van der Waals surface area contributed by atoms with Crippen LogP contribution in [0.5, 0.6) is 5.75 Å². The van der Waals surface area contributed by atoms with E-state index in [1.165, 1.54) is 4.90 Å². The third kappa shape index (κ3) is 5.31. The molecule has 1 amide bonds. The van der Waals surface area contributed by atoms with Gasteiger partial charge in [0.2, 0.25) is 0 Å². The van der Waals surface area contributed by atoms with E-state index in [9.17, 15) is 14.7 Å². The molecular weight excluding hydrogens is 428 g/mol. The smallest absolute Gasteiger partial charge is 0.295 e. The number of unbranched alkanes of at least 4 members (excludes halogenated alkanes) is 1. The number of nitrogens with zero attached hydrogens (tertiary/aromatic N) is 2. The van der Waals surface area contributed by atoms with Crippen molar-refractivity contribution in [3.63, 3.8) is 0 Å². The number of hydrogen-bond donors (Lipinski definition) is 1. The zero-order valence-electron chi connectivity index (χ0n) is 18.7. The molecule has 32 heavy (non-hydrogen) atoms. The maximum atomic E-state index is 13.0. The van der Waals surface area contributed by atoms with E-state index in [1.807, 2.05) is 19.0 Å². The van der Waals surface area contributed by atoms with Crippen molar-refractivity contribution in [1.29, 1.82) is 0 Å². The Morgan fingerprint density at radius 2 is 1.88 bits per heavy atom. The van der Waals surface area contributed by atoms with Gasteiger partial charge in [-0.1, -0.05) is 49.2 Å². The van der Waals surface area contributed by atoms with Gasteiger partial charge in [0.15, 0.2) is 0 Å². The number of carbonyl (C=O) groups is 2. The van der Waals surface area contributed by atoms with Crippen molar-refractivity contribution >= 4 is 29.1 Å². The second-order valence-electron chi connectivity index (χ2n) is 8.08. The number of benzene rings is 2. The summed E-state index contributed by atoms with van der Waals surface area (Å²) in [7, 11) is 3.80. The van der Waals surface area contributed by atoms with Gasteiger partial charge >= 0.3 is 0 Å². The molecule has 0 radical (unpaired) electrons. The molecule has 3 rings (SSSR count). The third-order valence-corrected chi connectivity index (χ3v) is 5.64. The highest BCUT2D eigenvalue weighted by Crippen LogP contribution is 2.39. The van der Waals surface area contributed by atoms with E-state index in [-0.39, 0.29) is 11.3 Å². The number of ketones is 1. The van der Waals surface area contributed by atoms with E-state index in [0.717, 1.165) is 12.8 Å². The normalized spacial score (nSPS) is 17.9. The van der Waals surface area contributed by atoms with Crippen LogP contribution in [0.3, 0.4) is 0 Å². The van der Waals surface area contributed by atoms with E-state index in [4.69, 9.17) is 16.3 Å².